The Labute approximate surface area is 186 Å². The lowest BCUT2D eigenvalue weighted by Gasteiger charge is -2.26. The van der Waals surface area contributed by atoms with Crippen molar-refractivity contribution in [2.45, 2.75) is 24.9 Å². The second kappa shape index (κ2) is 7.96. The molecule has 1 atom stereocenters. The Morgan fingerprint density at radius 2 is 1.56 bits per heavy atom. The van der Waals surface area contributed by atoms with Crippen LogP contribution in [0.1, 0.15) is 23.1 Å². The van der Waals surface area contributed by atoms with Crippen molar-refractivity contribution < 1.29 is 14.4 Å². The Morgan fingerprint density at radius 3 is 2.31 bits per heavy atom. The van der Waals surface area contributed by atoms with Crippen LogP contribution >= 0.6 is 0 Å². The van der Waals surface area contributed by atoms with E-state index < -0.39 is 11.6 Å². The molecule has 1 spiro atoms. The molecule has 6 heteroatoms. The Balaban J connectivity index is 1.41. The zero-order valence-electron chi connectivity index (χ0n) is 17.5. The summed E-state index contributed by atoms with van der Waals surface area (Å²) < 4.78 is 0. The molecule has 1 heterocycles. The van der Waals surface area contributed by atoms with Gasteiger partial charge in [0.05, 0.1) is 6.54 Å². The summed E-state index contributed by atoms with van der Waals surface area (Å²) in [6.07, 6.45) is 1.22. The second-order valence-electron chi connectivity index (χ2n) is 8.18. The molecule has 5 rings (SSSR count). The van der Waals surface area contributed by atoms with Crippen molar-refractivity contribution in [3.05, 3.63) is 102 Å². The quantitative estimate of drug-likeness (QED) is 0.635. The highest BCUT2D eigenvalue weighted by atomic mass is 16.2. The van der Waals surface area contributed by atoms with Crippen LogP contribution in [0, 0.1) is 0 Å². The number of rotatable bonds is 5. The first kappa shape index (κ1) is 20.0. The van der Waals surface area contributed by atoms with Crippen LogP contribution in [-0.2, 0) is 28.1 Å². The molecule has 1 saturated heterocycles. The Bertz CT molecular complexity index is 1180. The Morgan fingerprint density at radius 1 is 0.906 bits per heavy atom. The number of para-hydroxylation sites is 1. The van der Waals surface area contributed by atoms with Gasteiger partial charge in [-0.25, -0.2) is 4.79 Å². The number of nitrogens with zero attached hydrogens (tertiary/aromatic N) is 2. The molecule has 0 radical (unpaired) electrons. The van der Waals surface area contributed by atoms with Crippen molar-refractivity contribution in [2.24, 2.45) is 0 Å². The molecule has 1 aliphatic heterocycles. The van der Waals surface area contributed by atoms with Crippen molar-refractivity contribution in [3.63, 3.8) is 0 Å². The topological polar surface area (TPSA) is 69.7 Å². The maximum absolute atomic E-state index is 13.4. The number of carbonyl (C=O) groups is 3. The van der Waals surface area contributed by atoms with Gasteiger partial charge in [-0.1, -0.05) is 72.8 Å². The minimum absolute atomic E-state index is 0.309. The summed E-state index contributed by atoms with van der Waals surface area (Å²) in [6, 6.07) is 26.1. The third kappa shape index (κ3) is 3.34. The molecule has 1 N–H and O–H groups in total. The van der Waals surface area contributed by atoms with E-state index in [1.807, 2.05) is 84.9 Å². The van der Waals surface area contributed by atoms with Crippen molar-refractivity contribution >= 4 is 23.5 Å². The van der Waals surface area contributed by atoms with Crippen LogP contribution in [0.3, 0.4) is 0 Å². The first-order valence-corrected chi connectivity index (χ1v) is 10.7. The van der Waals surface area contributed by atoms with Gasteiger partial charge in [0, 0.05) is 5.69 Å². The molecule has 2 aliphatic rings. The fraction of sp³-hybridized carbons (Fsp3) is 0.192. The highest BCUT2D eigenvalue weighted by Crippen LogP contribution is 2.41. The van der Waals surface area contributed by atoms with Crippen LogP contribution in [0.25, 0.3) is 0 Å². The van der Waals surface area contributed by atoms with Gasteiger partial charge in [0.2, 0.25) is 5.91 Å². The summed E-state index contributed by atoms with van der Waals surface area (Å²) in [5, 5.41) is 2.89. The van der Waals surface area contributed by atoms with E-state index in [1.54, 1.807) is 4.90 Å². The molecule has 32 heavy (non-hydrogen) atoms. The minimum atomic E-state index is -1.06. The van der Waals surface area contributed by atoms with Crippen molar-refractivity contribution in [1.29, 1.82) is 0 Å². The number of hydrogen-bond donors (Lipinski definition) is 1. The van der Waals surface area contributed by atoms with Gasteiger partial charge in [-0.05, 0) is 41.7 Å². The fourth-order valence-electron chi connectivity index (χ4n) is 4.65. The third-order valence-electron chi connectivity index (χ3n) is 6.27. The van der Waals surface area contributed by atoms with Crippen LogP contribution < -0.4 is 10.2 Å². The zero-order chi connectivity index (χ0) is 22.1. The molecule has 1 unspecified atom stereocenters. The molecule has 160 valence electrons. The van der Waals surface area contributed by atoms with Crippen molar-refractivity contribution in [1.82, 2.24) is 10.2 Å². The summed E-state index contributed by atoms with van der Waals surface area (Å²) in [5.41, 5.74) is 2.50. The number of fused-ring (bicyclic) bond motifs is 2. The van der Waals surface area contributed by atoms with Crippen molar-refractivity contribution in [2.75, 3.05) is 11.4 Å². The molecule has 0 saturated carbocycles. The molecule has 1 aliphatic carbocycles. The van der Waals surface area contributed by atoms with E-state index in [1.165, 1.54) is 0 Å². The monoisotopic (exact) mass is 425 g/mol. The summed E-state index contributed by atoms with van der Waals surface area (Å²) in [6.45, 7) is 0.0393. The molecule has 3 aromatic carbocycles. The molecular weight excluding hydrogens is 402 g/mol. The largest absolute Gasteiger partial charge is 0.325 e. The first-order chi connectivity index (χ1) is 15.6. The van der Waals surface area contributed by atoms with E-state index in [4.69, 9.17) is 0 Å². The van der Waals surface area contributed by atoms with E-state index in [-0.39, 0.29) is 18.4 Å². The maximum atomic E-state index is 13.4. The molecule has 0 aromatic heterocycles. The van der Waals surface area contributed by atoms with Crippen LogP contribution in [0.15, 0.2) is 84.9 Å². The number of urea groups is 1. The van der Waals surface area contributed by atoms with Crippen LogP contribution in [-0.4, -0.2) is 29.3 Å². The number of carbonyl (C=O) groups excluding carboxylic acids is 3. The number of nitrogens with one attached hydrogen (secondary N) is 1. The van der Waals surface area contributed by atoms with Crippen LogP contribution in [0.5, 0.6) is 0 Å². The summed E-state index contributed by atoms with van der Waals surface area (Å²) in [4.78, 5) is 42.3. The standard InChI is InChI=1S/C26H23N3O3/c30-23(28(21-12-5-2-6-13-21)17-19-9-3-1-4-10-19)18-29-24(31)26(27-25(29)32)16-15-20-11-7-8-14-22(20)26/h1-14H,15-18H2,(H,27,32). The first-order valence-electron chi connectivity index (χ1n) is 10.7. The Kier molecular flexibility index (Phi) is 4.98. The number of hydrogen-bond acceptors (Lipinski definition) is 3. The van der Waals surface area contributed by atoms with Gasteiger partial charge in [-0.3, -0.25) is 14.5 Å². The van der Waals surface area contributed by atoms with Gasteiger partial charge in [-0.15, -0.1) is 0 Å². The van der Waals surface area contributed by atoms with E-state index >= 15 is 0 Å². The molecule has 6 nitrogen and oxygen atoms in total. The lowest BCUT2D eigenvalue weighted by Crippen LogP contribution is -2.45. The maximum Gasteiger partial charge on any atom is 0.325 e. The lowest BCUT2D eigenvalue weighted by atomic mass is 9.92. The molecule has 0 bridgehead atoms. The van der Waals surface area contributed by atoms with Gasteiger partial charge in [0.25, 0.3) is 5.91 Å². The predicted molar refractivity (Wildman–Crippen MR) is 121 cm³/mol. The van der Waals surface area contributed by atoms with Crippen LogP contribution in [0.4, 0.5) is 10.5 Å². The van der Waals surface area contributed by atoms with E-state index in [0.29, 0.717) is 25.1 Å². The van der Waals surface area contributed by atoms with E-state index in [2.05, 4.69) is 5.32 Å². The SMILES string of the molecule is O=C1NC2(CCc3ccccc32)C(=O)N1CC(=O)N(Cc1ccccc1)c1ccccc1. The zero-order valence-corrected chi connectivity index (χ0v) is 17.5. The van der Waals surface area contributed by atoms with Gasteiger partial charge >= 0.3 is 6.03 Å². The van der Waals surface area contributed by atoms with E-state index in [0.717, 1.165) is 21.6 Å². The molecule has 4 amide bonds. The summed E-state index contributed by atoms with van der Waals surface area (Å²) in [5.74, 6) is -0.666. The second-order valence-corrected chi connectivity index (χ2v) is 8.18. The number of aryl methyl sites for hydroxylation is 1. The Hall–Kier alpha value is -3.93. The highest BCUT2D eigenvalue weighted by Gasteiger charge is 2.55. The van der Waals surface area contributed by atoms with Crippen molar-refractivity contribution in [3.8, 4) is 0 Å². The average molecular weight is 425 g/mol. The lowest BCUT2D eigenvalue weighted by molar-refractivity contribution is -0.134. The average Bonchev–Trinajstić information content (AvgIpc) is 3.31. The smallest absolute Gasteiger partial charge is 0.319 e. The summed E-state index contributed by atoms with van der Waals surface area (Å²) in [7, 11) is 0. The third-order valence-corrected chi connectivity index (χ3v) is 6.27. The predicted octanol–water partition coefficient (Wildman–Crippen LogP) is 3.61. The van der Waals surface area contributed by atoms with Gasteiger partial charge < -0.3 is 10.2 Å². The number of amides is 4. The normalized spacial score (nSPS) is 19.2. The molecule has 1 fully saturated rings. The van der Waals surface area contributed by atoms with Gasteiger partial charge in [-0.2, -0.15) is 0 Å². The van der Waals surface area contributed by atoms with Gasteiger partial charge in [0.1, 0.15) is 12.1 Å². The molecule has 3 aromatic rings. The molecular formula is C26H23N3O3. The number of anilines is 1. The van der Waals surface area contributed by atoms with Gasteiger partial charge in [0.15, 0.2) is 0 Å². The van der Waals surface area contributed by atoms with Crippen LogP contribution in [0.2, 0.25) is 0 Å². The van der Waals surface area contributed by atoms with E-state index in [9.17, 15) is 14.4 Å². The fourth-order valence-corrected chi connectivity index (χ4v) is 4.65. The number of benzene rings is 3. The summed E-state index contributed by atoms with van der Waals surface area (Å²) >= 11 is 0. The minimum Gasteiger partial charge on any atom is -0.319 e. The number of imide groups is 1. The highest BCUT2D eigenvalue weighted by molar-refractivity contribution is 6.11.